The molecule has 3 aromatic rings. The average Bonchev–Trinajstić information content (AvgIpc) is 2.97. The zero-order valence-electron chi connectivity index (χ0n) is 16.0. The molecule has 1 heterocycles. The fraction of sp³-hybridized carbons (Fsp3) is 0.182. The Morgan fingerprint density at radius 2 is 1.86 bits per heavy atom. The van der Waals surface area contributed by atoms with Crippen LogP contribution in [0.1, 0.15) is 34.2 Å². The molecule has 0 aliphatic carbocycles. The van der Waals surface area contributed by atoms with Crippen molar-refractivity contribution in [2.45, 2.75) is 26.9 Å². The molecule has 0 unspecified atom stereocenters. The lowest BCUT2D eigenvalue weighted by molar-refractivity contribution is -0.129. The van der Waals surface area contributed by atoms with Crippen molar-refractivity contribution in [1.29, 1.82) is 0 Å². The van der Waals surface area contributed by atoms with Gasteiger partial charge in [0, 0.05) is 27.1 Å². The summed E-state index contributed by atoms with van der Waals surface area (Å²) in [5, 5.41) is 14.1. The molecular formula is C22H22BrN3O2. The second-order valence-corrected chi connectivity index (χ2v) is 7.50. The van der Waals surface area contributed by atoms with Gasteiger partial charge in [-0.15, -0.1) is 0 Å². The topological polar surface area (TPSA) is 66.6 Å². The summed E-state index contributed by atoms with van der Waals surface area (Å²) < 4.78 is 3.18. The number of hydrogen-bond acceptors (Lipinski definition) is 3. The van der Waals surface area contributed by atoms with E-state index in [1.807, 2.05) is 32.9 Å². The zero-order valence-corrected chi connectivity index (χ0v) is 17.6. The maximum Gasteiger partial charge on any atom is 0.273 e. The molecule has 0 saturated heterocycles. The molecule has 0 aliphatic heterocycles. The van der Waals surface area contributed by atoms with E-state index >= 15 is 0 Å². The Balaban J connectivity index is 1.76. The van der Waals surface area contributed by atoms with Gasteiger partial charge in [0.05, 0.1) is 6.21 Å². The number of aryl methyl sites for hydroxylation is 2. The van der Waals surface area contributed by atoms with Gasteiger partial charge < -0.3 is 9.67 Å². The van der Waals surface area contributed by atoms with Gasteiger partial charge in [0.2, 0.25) is 0 Å². The normalized spacial score (nSPS) is 12.3. The fourth-order valence-corrected chi connectivity index (χ4v) is 3.42. The van der Waals surface area contributed by atoms with Gasteiger partial charge in [0.25, 0.3) is 5.91 Å². The number of carbonyl (C=O) groups is 1. The number of hydrogen-bond donors (Lipinski definition) is 2. The molecule has 2 N–H and O–H groups in total. The Labute approximate surface area is 172 Å². The predicted molar refractivity (Wildman–Crippen MR) is 115 cm³/mol. The van der Waals surface area contributed by atoms with E-state index in [1.54, 1.807) is 30.5 Å². The smallest absolute Gasteiger partial charge is 0.273 e. The third-order valence-electron chi connectivity index (χ3n) is 4.63. The molecule has 1 amide bonds. The van der Waals surface area contributed by atoms with Gasteiger partial charge in [0.1, 0.15) is 0 Å². The third-order valence-corrected chi connectivity index (χ3v) is 5.48. The van der Waals surface area contributed by atoms with Crippen LogP contribution in [0.25, 0.3) is 5.69 Å². The minimum Gasteiger partial charge on any atom is -0.378 e. The first-order valence-electron chi connectivity index (χ1n) is 8.90. The highest BCUT2D eigenvalue weighted by Crippen LogP contribution is 2.24. The lowest BCUT2D eigenvalue weighted by Gasteiger charge is -2.11. The molecule has 5 nitrogen and oxygen atoms in total. The highest BCUT2D eigenvalue weighted by molar-refractivity contribution is 9.10. The second kappa shape index (κ2) is 8.54. The van der Waals surface area contributed by atoms with Crippen LogP contribution in [0.5, 0.6) is 0 Å². The summed E-state index contributed by atoms with van der Waals surface area (Å²) in [7, 11) is 0. The van der Waals surface area contributed by atoms with Gasteiger partial charge in [-0.3, -0.25) is 4.79 Å². The number of nitrogens with zero attached hydrogens (tertiary/aromatic N) is 2. The van der Waals surface area contributed by atoms with E-state index in [4.69, 9.17) is 0 Å². The Morgan fingerprint density at radius 3 is 2.54 bits per heavy atom. The van der Waals surface area contributed by atoms with Crippen molar-refractivity contribution in [3.8, 4) is 5.69 Å². The lowest BCUT2D eigenvalue weighted by atomic mass is 10.1. The number of amides is 1. The standard InChI is InChI=1S/C22H22BrN3O2/c1-14-9-10-19(12-20(14)23)26-15(2)11-18(16(26)3)13-24-25-22(28)21(27)17-7-5-4-6-8-17/h4-13,21,27H,1-3H3,(H,25,28)/b24-13-/t21-/m1/s1. The van der Waals surface area contributed by atoms with Crippen molar-refractivity contribution in [1.82, 2.24) is 9.99 Å². The number of halogens is 1. The van der Waals surface area contributed by atoms with E-state index in [2.05, 4.69) is 49.2 Å². The third kappa shape index (κ3) is 4.24. The van der Waals surface area contributed by atoms with Crippen LogP contribution < -0.4 is 5.43 Å². The zero-order chi connectivity index (χ0) is 20.3. The molecule has 0 fully saturated rings. The molecule has 0 bridgehead atoms. The van der Waals surface area contributed by atoms with Crippen molar-refractivity contribution >= 4 is 28.1 Å². The first-order chi connectivity index (χ1) is 13.4. The Kier molecular flexibility index (Phi) is 6.11. The molecule has 1 atom stereocenters. The summed E-state index contributed by atoms with van der Waals surface area (Å²) in [4.78, 5) is 12.1. The summed E-state index contributed by atoms with van der Waals surface area (Å²) >= 11 is 3.58. The Hall–Kier alpha value is -2.70. The quantitative estimate of drug-likeness (QED) is 0.458. The largest absolute Gasteiger partial charge is 0.378 e. The molecule has 0 aliphatic rings. The van der Waals surface area contributed by atoms with Crippen LogP contribution in [0.15, 0.2) is 64.2 Å². The molecule has 0 spiro atoms. The summed E-state index contributed by atoms with van der Waals surface area (Å²) in [5.41, 5.74) is 8.12. The molecule has 6 heteroatoms. The molecular weight excluding hydrogens is 418 g/mol. The monoisotopic (exact) mass is 439 g/mol. The highest BCUT2D eigenvalue weighted by atomic mass is 79.9. The molecule has 3 rings (SSSR count). The molecule has 0 radical (unpaired) electrons. The number of aliphatic hydroxyl groups is 1. The average molecular weight is 440 g/mol. The predicted octanol–water partition coefficient (Wildman–Crippen LogP) is 4.35. The SMILES string of the molecule is Cc1ccc(-n2c(C)cc(/C=N\NC(=O)[C@H](O)c3ccccc3)c2C)cc1Br. The van der Waals surface area contributed by atoms with Crippen LogP contribution >= 0.6 is 15.9 Å². The van der Waals surface area contributed by atoms with Crippen molar-refractivity contribution in [2.24, 2.45) is 5.10 Å². The van der Waals surface area contributed by atoms with E-state index in [-0.39, 0.29) is 0 Å². The summed E-state index contributed by atoms with van der Waals surface area (Å²) in [6, 6.07) is 17.0. The van der Waals surface area contributed by atoms with E-state index in [0.717, 1.165) is 27.1 Å². The second-order valence-electron chi connectivity index (χ2n) is 6.64. The molecule has 0 saturated carbocycles. The van der Waals surface area contributed by atoms with Gasteiger partial charge in [-0.2, -0.15) is 5.10 Å². The summed E-state index contributed by atoms with van der Waals surface area (Å²) in [5.74, 6) is -0.571. The molecule has 1 aromatic heterocycles. The number of aliphatic hydroxyl groups excluding tert-OH is 1. The number of benzene rings is 2. The van der Waals surface area contributed by atoms with Gasteiger partial charge in [-0.05, 0) is 50.1 Å². The van der Waals surface area contributed by atoms with Crippen molar-refractivity contribution in [3.63, 3.8) is 0 Å². The van der Waals surface area contributed by atoms with E-state index in [9.17, 15) is 9.90 Å². The van der Waals surface area contributed by atoms with Crippen molar-refractivity contribution < 1.29 is 9.90 Å². The first-order valence-corrected chi connectivity index (χ1v) is 9.69. The van der Waals surface area contributed by atoms with Gasteiger partial charge in [0.15, 0.2) is 6.10 Å². The lowest BCUT2D eigenvalue weighted by Crippen LogP contribution is -2.25. The molecule has 144 valence electrons. The minimum atomic E-state index is -1.25. The van der Waals surface area contributed by atoms with E-state index in [0.29, 0.717) is 5.56 Å². The van der Waals surface area contributed by atoms with Crippen LogP contribution in [-0.2, 0) is 4.79 Å². The van der Waals surface area contributed by atoms with Crippen LogP contribution in [-0.4, -0.2) is 21.8 Å². The number of hydrazone groups is 1. The van der Waals surface area contributed by atoms with Crippen LogP contribution in [0, 0.1) is 20.8 Å². The molecule has 28 heavy (non-hydrogen) atoms. The maximum absolute atomic E-state index is 12.1. The fourth-order valence-electron chi connectivity index (χ4n) is 3.05. The number of carbonyl (C=O) groups excluding carboxylic acids is 1. The van der Waals surface area contributed by atoms with Crippen LogP contribution in [0.4, 0.5) is 0 Å². The Morgan fingerprint density at radius 1 is 1.14 bits per heavy atom. The van der Waals surface area contributed by atoms with Crippen LogP contribution in [0.2, 0.25) is 0 Å². The number of aromatic nitrogens is 1. The Bertz CT molecular complexity index is 1030. The summed E-state index contributed by atoms with van der Waals surface area (Å²) in [6.45, 7) is 6.08. The van der Waals surface area contributed by atoms with Gasteiger partial charge in [-0.25, -0.2) is 5.43 Å². The summed E-state index contributed by atoms with van der Waals surface area (Å²) in [6.07, 6.45) is 0.341. The number of nitrogens with one attached hydrogen (secondary N) is 1. The van der Waals surface area contributed by atoms with E-state index in [1.165, 1.54) is 5.56 Å². The van der Waals surface area contributed by atoms with Gasteiger partial charge in [-0.1, -0.05) is 52.3 Å². The minimum absolute atomic E-state index is 0.526. The number of rotatable bonds is 5. The van der Waals surface area contributed by atoms with Crippen molar-refractivity contribution in [2.75, 3.05) is 0 Å². The molecule has 2 aromatic carbocycles. The van der Waals surface area contributed by atoms with Gasteiger partial charge >= 0.3 is 0 Å². The first kappa shape index (κ1) is 20.0. The van der Waals surface area contributed by atoms with E-state index < -0.39 is 12.0 Å². The van der Waals surface area contributed by atoms with Crippen LogP contribution in [0.3, 0.4) is 0 Å². The highest BCUT2D eigenvalue weighted by Gasteiger charge is 2.16. The van der Waals surface area contributed by atoms with Crippen molar-refractivity contribution in [3.05, 3.63) is 87.1 Å². The maximum atomic E-state index is 12.1.